The van der Waals surface area contributed by atoms with Crippen molar-refractivity contribution in [2.24, 2.45) is 20.5 Å². The van der Waals surface area contributed by atoms with Gasteiger partial charge in [-0.1, -0.05) is 0 Å². The van der Waals surface area contributed by atoms with Gasteiger partial charge in [-0.15, -0.1) is 5.11 Å². The number of hydrogen-bond acceptors (Lipinski definition) is 7. The smallest absolute Gasteiger partial charge is 0.281 e. The normalized spacial score (nSPS) is 23.0. The Morgan fingerprint density at radius 3 is 2.28 bits per heavy atom. The molecule has 9 nitrogen and oxygen atoms in total. The van der Waals surface area contributed by atoms with E-state index in [2.05, 4.69) is 25.4 Å². The highest BCUT2D eigenvalue weighted by molar-refractivity contribution is 5.59. The molecule has 1 aliphatic carbocycles. The van der Waals surface area contributed by atoms with E-state index in [9.17, 15) is 9.90 Å². The van der Waals surface area contributed by atoms with Crippen molar-refractivity contribution in [2.75, 3.05) is 40.8 Å². The van der Waals surface area contributed by atoms with Gasteiger partial charge in [0.25, 0.3) is 11.4 Å². The van der Waals surface area contributed by atoms with Crippen LogP contribution in [0.4, 0.5) is 11.4 Å². The Balaban J connectivity index is 1.90. The zero-order chi connectivity index (χ0) is 23.1. The maximum atomic E-state index is 13.3. The van der Waals surface area contributed by atoms with Crippen molar-refractivity contribution in [1.82, 2.24) is 9.47 Å². The summed E-state index contributed by atoms with van der Waals surface area (Å²) >= 11 is 0. The fourth-order valence-electron chi connectivity index (χ4n) is 4.92. The topological polar surface area (TPSA) is 99.3 Å². The molecular formula is C23H40N7O2+. The van der Waals surface area contributed by atoms with Crippen molar-refractivity contribution in [1.29, 1.82) is 0 Å². The molecule has 0 spiro atoms. The Morgan fingerprint density at radius 2 is 1.69 bits per heavy atom. The van der Waals surface area contributed by atoms with Crippen LogP contribution in [0, 0.1) is 6.92 Å². The number of pyridine rings is 1. The minimum Gasteiger partial charge on any atom is -0.490 e. The van der Waals surface area contributed by atoms with E-state index in [0.29, 0.717) is 12.2 Å². The first-order chi connectivity index (χ1) is 15.4. The van der Waals surface area contributed by atoms with Crippen molar-refractivity contribution >= 4 is 11.4 Å². The molecule has 0 amide bonds. The molecule has 1 aromatic rings. The Morgan fingerprint density at radius 1 is 1.06 bits per heavy atom. The predicted octanol–water partition coefficient (Wildman–Crippen LogP) is 2.99. The molecule has 1 aliphatic heterocycles. The summed E-state index contributed by atoms with van der Waals surface area (Å²) in [6.07, 6.45) is 7.98. The molecule has 178 valence electrons. The molecule has 1 aromatic heterocycles. The fourth-order valence-corrected chi connectivity index (χ4v) is 4.92. The number of hydrogen-bond donors (Lipinski definition) is 2. The molecular weight excluding hydrogens is 406 g/mol. The molecule has 2 fully saturated rings. The lowest BCUT2D eigenvalue weighted by molar-refractivity contribution is -0.838. The van der Waals surface area contributed by atoms with Crippen LogP contribution in [0.25, 0.3) is 0 Å². The third-order valence-corrected chi connectivity index (χ3v) is 6.72. The molecule has 0 atom stereocenters. The molecule has 3 rings (SSSR count). The summed E-state index contributed by atoms with van der Waals surface area (Å²) in [4.78, 5) is 16.7. The molecule has 0 radical (unpaired) electrons. The number of piperidine rings is 1. The van der Waals surface area contributed by atoms with Crippen LogP contribution < -0.4 is 10.5 Å². The Hall–Kier alpha value is -2.13. The van der Waals surface area contributed by atoms with E-state index >= 15 is 0 Å². The monoisotopic (exact) mass is 446 g/mol. The van der Waals surface area contributed by atoms with Crippen LogP contribution in [0.15, 0.2) is 25.3 Å². The highest BCUT2D eigenvalue weighted by Gasteiger charge is 2.29. The molecule has 0 bridgehead atoms. The molecule has 9 heteroatoms. The molecule has 2 heterocycles. The Labute approximate surface area is 191 Å². The summed E-state index contributed by atoms with van der Waals surface area (Å²) in [6, 6.07) is 0.393. The Bertz CT molecular complexity index is 864. The van der Waals surface area contributed by atoms with E-state index in [1.54, 1.807) is 7.05 Å². The van der Waals surface area contributed by atoms with E-state index in [4.69, 9.17) is 0 Å². The largest absolute Gasteiger partial charge is 0.490 e. The summed E-state index contributed by atoms with van der Waals surface area (Å²) in [5, 5.41) is 28.4. The van der Waals surface area contributed by atoms with Crippen LogP contribution in [0.5, 0.6) is 5.88 Å². The summed E-state index contributed by atoms with van der Waals surface area (Å²) in [6.45, 7) is 5.17. The lowest BCUT2D eigenvalue weighted by atomic mass is 9.92. The Kier molecular flexibility index (Phi) is 8.92. The molecule has 1 saturated carbocycles. The number of nitrogens with one attached hydrogen (secondary N) is 1. The van der Waals surface area contributed by atoms with E-state index < -0.39 is 0 Å². The first-order valence-corrected chi connectivity index (χ1v) is 12.1. The number of aromatic nitrogens is 1. The minimum absolute atomic E-state index is 0.104. The molecule has 0 aromatic carbocycles. The fraction of sp³-hybridized carbons (Fsp3) is 0.783. The van der Waals surface area contributed by atoms with Gasteiger partial charge in [-0.25, -0.2) is 0 Å². The van der Waals surface area contributed by atoms with Gasteiger partial charge < -0.3 is 10.0 Å². The van der Waals surface area contributed by atoms with E-state index in [-0.39, 0.29) is 23.5 Å². The first-order valence-electron chi connectivity index (χ1n) is 12.1. The zero-order valence-corrected chi connectivity index (χ0v) is 20.2. The number of quaternary nitrogens is 1. The molecule has 32 heavy (non-hydrogen) atoms. The standard InChI is InChI=1S/C23H39N7O2/c1-17-20(27-26-19-11-9-18(10-12-19)25-24-2)22(31)30(16-8-13-28(3)4)23(32)21(17)29-14-6-5-7-15-29/h18-19,32H,5-16H2,1-4H3/p+1. The molecule has 1 saturated heterocycles. The van der Waals surface area contributed by atoms with Gasteiger partial charge in [0, 0.05) is 19.2 Å². The van der Waals surface area contributed by atoms with Crippen LogP contribution in [-0.4, -0.2) is 67.4 Å². The zero-order valence-electron chi connectivity index (χ0n) is 20.2. The minimum atomic E-state index is -0.240. The maximum absolute atomic E-state index is 13.3. The first kappa shape index (κ1) is 24.5. The SMILES string of the molecule is CN=NC1CCC(N=Nc2c(C)c([NH+]3CCCCC3)c(O)n(CCCN(C)C)c2=O)CC1. The average molecular weight is 447 g/mol. The summed E-state index contributed by atoms with van der Waals surface area (Å²) < 4.78 is 1.51. The second-order valence-electron chi connectivity index (χ2n) is 9.44. The van der Waals surface area contributed by atoms with Gasteiger partial charge in [-0.05, 0) is 78.9 Å². The summed E-state index contributed by atoms with van der Waals surface area (Å²) in [7, 11) is 5.74. The van der Waals surface area contributed by atoms with Gasteiger partial charge in [0.1, 0.15) is 0 Å². The van der Waals surface area contributed by atoms with E-state index in [0.717, 1.165) is 75.8 Å². The molecule has 2 N–H and O–H groups in total. The molecule has 2 aliphatic rings. The number of azo groups is 2. The van der Waals surface area contributed by atoms with Crippen molar-refractivity contribution < 1.29 is 10.0 Å². The maximum Gasteiger partial charge on any atom is 0.281 e. The average Bonchev–Trinajstić information content (AvgIpc) is 2.78. The quantitative estimate of drug-likeness (QED) is 0.601. The summed E-state index contributed by atoms with van der Waals surface area (Å²) in [5.41, 5.74) is 1.74. The van der Waals surface area contributed by atoms with Crippen molar-refractivity contribution in [2.45, 2.75) is 76.9 Å². The number of aromatic hydroxyl groups is 1. The van der Waals surface area contributed by atoms with Crippen molar-refractivity contribution in [3.05, 3.63) is 15.9 Å². The third-order valence-electron chi connectivity index (χ3n) is 6.72. The van der Waals surface area contributed by atoms with E-state index in [1.807, 2.05) is 21.0 Å². The highest BCUT2D eigenvalue weighted by Crippen LogP contribution is 2.31. The molecule has 0 unspecified atom stereocenters. The predicted molar refractivity (Wildman–Crippen MR) is 126 cm³/mol. The van der Waals surface area contributed by atoms with Gasteiger partial charge in [0.2, 0.25) is 0 Å². The van der Waals surface area contributed by atoms with Gasteiger partial charge in [-0.3, -0.25) is 14.3 Å². The second-order valence-corrected chi connectivity index (χ2v) is 9.44. The van der Waals surface area contributed by atoms with Crippen LogP contribution in [-0.2, 0) is 6.54 Å². The van der Waals surface area contributed by atoms with Gasteiger partial charge >= 0.3 is 0 Å². The van der Waals surface area contributed by atoms with Gasteiger partial charge in [-0.2, -0.15) is 15.3 Å². The highest BCUT2D eigenvalue weighted by atomic mass is 16.3. The number of rotatable bonds is 8. The van der Waals surface area contributed by atoms with Crippen LogP contribution in [0.3, 0.4) is 0 Å². The van der Waals surface area contributed by atoms with Crippen LogP contribution in [0.1, 0.15) is 56.9 Å². The summed E-state index contributed by atoms with van der Waals surface area (Å²) in [5.74, 6) is 0.104. The number of nitrogens with zero attached hydrogens (tertiary/aromatic N) is 6. The lowest BCUT2D eigenvalue weighted by Gasteiger charge is -2.26. The van der Waals surface area contributed by atoms with Crippen LogP contribution in [0.2, 0.25) is 0 Å². The van der Waals surface area contributed by atoms with E-state index in [1.165, 1.54) is 15.9 Å². The lowest BCUT2D eigenvalue weighted by Crippen LogP contribution is -3.08. The third kappa shape index (κ3) is 6.01. The van der Waals surface area contributed by atoms with Crippen LogP contribution >= 0.6 is 0 Å². The van der Waals surface area contributed by atoms with Gasteiger partial charge in [0.15, 0.2) is 11.4 Å². The second kappa shape index (κ2) is 11.7. The van der Waals surface area contributed by atoms with Crippen molar-refractivity contribution in [3.8, 4) is 5.88 Å². The van der Waals surface area contributed by atoms with Gasteiger partial charge in [0.05, 0.1) is 25.2 Å². The van der Waals surface area contributed by atoms with Crippen molar-refractivity contribution in [3.63, 3.8) is 0 Å².